The number of pyridine rings is 1. The quantitative estimate of drug-likeness (QED) is 0.712. The van der Waals surface area contributed by atoms with E-state index in [1.807, 2.05) is 14.0 Å². The van der Waals surface area contributed by atoms with Crippen molar-refractivity contribution in [2.45, 2.75) is 58.4 Å². The van der Waals surface area contributed by atoms with E-state index in [1.54, 1.807) is 11.8 Å². The Morgan fingerprint density at radius 1 is 1.28 bits per heavy atom. The highest BCUT2D eigenvalue weighted by Crippen LogP contribution is 2.30. The number of hydrogen-bond acceptors (Lipinski definition) is 5. The van der Waals surface area contributed by atoms with Gasteiger partial charge in [-0.15, -0.1) is 29.9 Å². The second kappa shape index (κ2) is 11.0. The van der Waals surface area contributed by atoms with Crippen LogP contribution in [0, 0.1) is 19.8 Å². The van der Waals surface area contributed by atoms with Crippen molar-refractivity contribution in [3.63, 3.8) is 0 Å². The van der Waals surface area contributed by atoms with Crippen LogP contribution in [0.15, 0.2) is 0 Å². The first-order valence-corrected chi connectivity index (χ1v) is 9.82. The maximum Gasteiger partial charge on any atom is 0.242 e. The molecule has 1 aliphatic carbocycles. The molecule has 3 N–H and O–H groups in total. The Hall–Kier alpha value is -1.57. The summed E-state index contributed by atoms with van der Waals surface area (Å²) in [5.41, 5.74) is 9.82. The third kappa shape index (κ3) is 5.32. The number of ether oxygens (including phenoxy) is 1. The van der Waals surface area contributed by atoms with Crippen molar-refractivity contribution in [3.05, 3.63) is 16.8 Å². The number of methoxy groups -OCH3 is 1. The monoisotopic (exact) mass is 445 g/mol. The molecule has 2 atom stereocenters. The molecule has 1 fully saturated rings. The van der Waals surface area contributed by atoms with Gasteiger partial charge in [0.05, 0.1) is 12.5 Å². The summed E-state index contributed by atoms with van der Waals surface area (Å²) in [6.07, 6.45) is 5.63. The molecule has 2 heterocycles. The van der Waals surface area contributed by atoms with Gasteiger partial charge in [-0.25, -0.2) is 9.67 Å². The zero-order chi connectivity index (χ0) is 19.6. The van der Waals surface area contributed by atoms with Crippen LogP contribution in [0.4, 0.5) is 0 Å². The lowest BCUT2D eigenvalue weighted by Gasteiger charge is -2.31. The molecule has 2 aromatic heterocycles. The lowest BCUT2D eigenvalue weighted by atomic mass is 9.84. The number of rotatable bonds is 6. The number of halogens is 2. The van der Waals surface area contributed by atoms with Gasteiger partial charge in [0.2, 0.25) is 11.8 Å². The number of hydrogen-bond donors (Lipinski definition) is 2. The first-order valence-electron chi connectivity index (χ1n) is 9.82. The fourth-order valence-corrected chi connectivity index (χ4v) is 4.30. The van der Waals surface area contributed by atoms with Gasteiger partial charge >= 0.3 is 0 Å². The summed E-state index contributed by atoms with van der Waals surface area (Å²) in [7, 11) is 3.48. The number of nitrogens with zero attached hydrogens (tertiary/aromatic N) is 3. The second-order valence-electron chi connectivity index (χ2n) is 7.59. The van der Waals surface area contributed by atoms with Crippen LogP contribution in [0.5, 0.6) is 5.88 Å². The van der Waals surface area contributed by atoms with Crippen LogP contribution in [-0.2, 0) is 18.3 Å². The number of nitrogens with two attached hydrogens (primary N) is 1. The molecule has 9 heteroatoms. The highest BCUT2D eigenvalue weighted by Gasteiger charge is 2.25. The Kier molecular flexibility index (Phi) is 9.65. The highest BCUT2D eigenvalue weighted by atomic mass is 35.5. The fourth-order valence-electron chi connectivity index (χ4n) is 4.30. The number of aromatic nitrogens is 3. The van der Waals surface area contributed by atoms with Crippen LogP contribution in [0.1, 0.15) is 48.9 Å². The van der Waals surface area contributed by atoms with Crippen molar-refractivity contribution >= 4 is 41.8 Å². The average molecular weight is 446 g/mol. The lowest BCUT2D eigenvalue weighted by Crippen LogP contribution is -2.44. The van der Waals surface area contributed by atoms with Crippen molar-refractivity contribution in [2.75, 3.05) is 13.7 Å². The molecule has 164 valence electrons. The molecule has 1 aliphatic rings. The van der Waals surface area contributed by atoms with Crippen molar-refractivity contribution in [1.29, 1.82) is 0 Å². The van der Waals surface area contributed by atoms with Gasteiger partial charge in [-0.05, 0) is 56.7 Å². The van der Waals surface area contributed by atoms with Crippen molar-refractivity contribution in [3.8, 4) is 5.88 Å². The average Bonchev–Trinajstić information content (AvgIpc) is 2.98. The van der Waals surface area contributed by atoms with Crippen molar-refractivity contribution < 1.29 is 9.53 Å². The SMILES string of the molecule is COc1nn(C)c2nc(C)c(CCC(=O)NC3CCCCC3CN)c(C)c12.Cl.Cl. The van der Waals surface area contributed by atoms with Crippen LogP contribution in [0.2, 0.25) is 0 Å². The van der Waals surface area contributed by atoms with E-state index >= 15 is 0 Å². The first-order chi connectivity index (χ1) is 13.0. The summed E-state index contributed by atoms with van der Waals surface area (Å²) in [6, 6.07) is 0.220. The topological polar surface area (TPSA) is 95.1 Å². The molecule has 7 nitrogen and oxygen atoms in total. The molecule has 1 amide bonds. The Labute approximate surface area is 185 Å². The number of aryl methyl sites for hydroxylation is 3. The Bertz CT molecular complexity index is 840. The van der Waals surface area contributed by atoms with Gasteiger partial charge in [0.15, 0.2) is 5.65 Å². The van der Waals surface area contributed by atoms with E-state index in [9.17, 15) is 4.79 Å². The normalized spacial score (nSPS) is 18.7. The summed E-state index contributed by atoms with van der Waals surface area (Å²) < 4.78 is 7.15. The molecule has 1 saturated carbocycles. The zero-order valence-electron chi connectivity index (χ0n) is 17.7. The Balaban J connectivity index is 0.00000210. The van der Waals surface area contributed by atoms with Crippen LogP contribution in [0.3, 0.4) is 0 Å². The summed E-state index contributed by atoms with van der Waals surface area (Å²) in [4.78, 5) is 17.2. The van der Waals surface area contributed by atoms with Gasteiger partial charge in [0, 0.05) is 25.2 Å². The van der Waals surface area contributed by atoms with Crippen LogP contribution >= 0.6 is 24.8 Å². The van der Waals surface area contributed by atoms with E-state index in [2.05, 4.69) is 17.3 Å². The maximum atomic E-state index is 12.5. The van der Waals surface area contributed by atoms with Crippen molar-refractivity contribution in [2.24, 2.45) is 18.7 Å². The molecular weight excluding hydrogens is 413 g/mol. The molecule has 0 aromatic carbocycles. The van der Waals surface area contributed by atoms with Gasteiger partial charge in [0.1, 0.15) is 0 Å². The zero-order valence-corrected chi connectivity index (χ0v) is 19.3. The minimum Gasteiger partial charge on any atom is -0.479 e. The third-order valence-electron chi connectivity index (χ3n) is 5.88. The molecule has 3 rings (SSSR count). The lowest BCUT2D eigenvalue weighted by molar-refractivity contribution is -0.122. The number of nitrogens with one attached hydrogen (secondary N) is 1. The number of amides is 1. The smallest absolute Gasteiger partial charge is 0.242 e. The van der Waals surface area contributed by atoms with Crippen LogP contribution < -0.4 is 15.8 Å². The Morgan fingerprint density at radius 2 is 1.97 bits per heavy atom. The van der Waals surface area contributed by atoms with Gasteiger partial charge in [0.25, 0.3) is 0 Å². The van der Waals surface area contributed by atoms with Gasteiger partial charge in [-0.3, -0.25) is 4.79 Å². The fraction of sp³-hybridized carbons (Fsp3) is 0.650. The largest absolute Gasteiger partial charge is 0.479 e. The highest BCUT2D eigenvalue weighted by molar-refractivity contribution is 5.86. The molecule has 0 bridgehead atoms. The third-order valence-corrected chi connectivity index (χ3v) is 5.88. The summed E-state index contributed by atoms with van der Waals surface area (Å²) in [5, 5.41) is 8.52. The van der Waals surface area contributed by atoms with Crippen LogP contribution in [0.25, 0.3) is 11.0 Å². The van der Waals surface area contributed by atoms with E-state index in [1.165, 1.54) is 12.8 Å². The molecule has 0 spiro atoms. The molecular formula is C20H33Cl2N5O2. The predicted octanol–water partition coefficient (Wildman–Crippen LogP) is 3.00. The number of carbonyl (C=O) groups excluding carboxylic acids is 1. The van der Waals surface area contributed by atoms with E-state index < -0.39 is 0 Å². The van der Waals surface area contributed by atoms with Gasteiger partial charge in [-0.1, -0.05) is 12.8 Å². The Morgan fingerprint density at radius 3 is 2.62 bits per heavy atom. The minimum absolute atomic E-state index is 0. The molecule has 2 aromatic rings. The maximum absolute atomic E-state index is 12.5. The van der Waals surface area contributed by atoms with Gasteiger partial charge < -0.3 is 15.8 Å². The van der Waals surface area contributed by atoms with E-state index in [0.717, 1.165) is 40.7 Å². The van der Waals surface area contributed by atoms with E-state index in [4.69, 9.17) is 15.5 Å². The van der Waals surface area contributed by atoms with E-state index in [-0.39, 0.29) is 36.8 Å². The minimum atomic E-state index is 0. The van der Waals surface area contributed by atoms with Crippen LogP contribution in [-0.4, -0.2) is 40.4 Å². The molecule has 0 aliphatic heterocycles. The molecule has 2 unspecified atom stereocenters. The summed E-state index contributed by atoms with van der Waals surface area (Å²) >= 11 is 0. The van der Waals surface area contributed by atoms with E-state index in [0.29, 0.717) is 31.2 Å². The van der Waals surface area contributed by atoms with Crippen molar-refractivity contribution in [1.82, 2.24) is 20.1 Å². The molecule has 0 saturated heterocycles. The standard InChI is InChI=1S/C20H31N5O2.2ClH/c1-12-15(13(2)22-19-18(12)20(27-4)24-25(19)3)9-10-17(26)23-16-8-6-5-7-14(16)11-21;;/h14,16H,5-11,21H2,1-4H3,(H,23,26);2*1H. The summed E-state index contributed by atoms with van der Waals surface area (Å²) in [5.74, 6) is 1.08. The predicted molar refractivity (Wildman–Crippen MR) is 120 cm³/mol. The number of carbonyl (C=O) groups is 1. The molecule has 0 radical (unpaired) electrons. The second-order valence-corrected chi connectivity index (χ2v) is 7.59. The number of fused-ring (bicyclic) bond motifs is 1. The van der Waals surface area contributed by atoms with Gasteiger partial charge in [-0.2, -0.15) is 0 Å². The summed E-state index contributed by atoms with van der Waals surface area (Å²) in [6.45, 7) is 4.69. The molecule has 29 heavy (non-hydrogen) atoms. The first kappa shape index (κ1) is 25.5.